The smallest absolute Gasteiger partial charge is 0.226 e. The fourth-order valence-electron chi connectivity index (χ4n) is 3.22. The first-order chi connectivity index (χ1) is 9.75. The van der Waals surface area contributed by atoms with Gasteiger partial charge in [0, 0.05) is 18.2 Å². The van der Waals surface area contributed by atoms with Gasteiger partial charge >= 0.3 is 0 Å². The molecule has 0 spiro atoms. The summed E-state index contributed by atoms with van der Waals surface area (Å²) in [5.74, 6) is 1.20. The number of benzene rings is 1. The third-order valence-electron chi connectivity index (χ3n) is 4.26. The van der Waals surface area contributed by atoms with Gasteiger partial charge in [-0.05, 0) is 30.5 Å². The van der Waals surface area contributed by atoms with E-state index in [0.29, 0.717) is 0 Å². The number of hydrogen-bond donors (Lipinski definition) is 0. The molecule has 1 aliphatic heterocycles. The molecule has 2 fully saturated rings. The number of thioether (sulfide) groups is 1. The highest BCUT2D eigenvalue weighted by Gasteiger charge is 2.34. The van der Waals surface area contributed by atoms with Gasteiger partial charge < -0.3 is 4.90 Å². The lowest BCUT2D eigenvalue weighted by atomic mass is 9.88. The quantitative estimate of drug-likeness (QED) is 0.822. The van der Waals surface area contributed by atoms with Crippen molar-refractivity contribution in [3.8, 4) is 0 Å². The van der Waals surface area contributed by atoms with E-state index in [1.165, 1.54) is 25.3 Å². The van der Waals surface area contributed by atoms with E-state index in [9.17, 15) is 9.18 Å². The van der Waals surface area contributed by atoms with Crippen LogP contribution in [0.2, 0.25) is 0 Å². The minimum Gasteiger partial charge on any atom is -0.325 e. The van der Waals surface area contributed by atoms with Gasteiger partial charge in [-0.2, -0.15) is 0 Å². The van der Waals surface area contributed by atoms with Gasteiger partial charge in [0.1, 0.15) is 11.2 Å². The lowest BCUT2D eigenvalue weighted by Gasteiger charge is -2.30. The molecule has 1 aliphatic carbocycles. The van der Waals surface area contributed by atoms with Crippen LogP contribution in [0.4, 0.5) is 4.39 Å². The second kappa shape index (κ2) is 6.17. The van der Waals surface area contributed by atoms with Crippen LogP contribution in [0, 0.1) is 11.7 Å². The molecular weight excluding hydrogens is 273 g/mol. The van der Waals surface area contributed by atoms with Gasteiger partial charge in [-0.3, -0.25) is 4.79 Å². The molecule has 0 aromatic heterocycles. The lowest BCUT2D eigenvalue weighted by molar-refractivity contribution is -0.136. The maximum Gasteiger partial charge on any atom is 0.226 e. The molecule has 4 heteroatoms. The number of amides is 1. The van der Waals surface area contributed by atoms with E-state index in [2.05, 4.69) is 0 Å². The van der Waals surface area contributed by atoms with Crippen LogP contribution in [-0.2, 0) is 4.79 Å². The van der Waals surface area contributed by atoms with Crippen molar-refractivity contribution in [3.63, 3.8) is 0 Å². The van der Waals surface area contributed by atoms with Crippen LogP contribution in [-0.4, -0.2) is 23.1 Å². The van der Waals surface area contributed by atoms with Crippen molar-refractivity contribution in [2.24, 2.45) is 5.92 Å². The van der Waals surface area contributed by atoms with Crippen LogP contribution >= 0.6 is 11.8 Å². The van der Waals surface area contributed by atoms with Gasteiger partial charge in [0.15, 0.2) is 0 Å². The Bertz CT molecular complexity index is 487. The van der Waals surface area contributed by atoms with Crippen LogP contribution in [0.25, 0.3) is 0 Å². The zero-order valence-electron chi connectivity index (χ0n) is 11.6. The minimum atomic E-state index is -0.222. The summed E-state index contributed by atoms with van der Waals surface area (Å²) in [5, 5.41) is 0.000117. The molecule has 20 heavy (non-hydrogen) atoms. The average Bonchev–Trinajstić information content (AvgIpc) is 2.97. The summed E-state index contributed by atoms with van der Waals surface area (Å²) < 4.78 is 13.4. The summed E-state index contributed by atoms with van der Waals surface area (Å²) >= 11 is 1.74. The van der Waals surface area contributed by atoms with Crippen LogP contribution in [0.15, 0.2) is 24.3 Å². The standard InChI is InChI=1S/C16H20FNOS/c17-14-8-4-7-13(11-14)16-18(9-10-20-16)15(19)12-5-2-1-3-6-12/h4,7-8,11-12,16H,1-3,5-6,9-10H2/t16-/m0/s1. The Morgan fingerprint density at radius 3 is 2.80 bits per heavy atom. The largest absolute Gasteiger partial charge is 0.325 e. The van der Waals surface area contributed by atoms with Crippen molar-refractivity contribution in [1.29, 1.82) is 0 Å². The van der Waals surface area contributed by atoms with Gasteiger partial charge in [-0.15, -0.1) is 11.8 Å². The molecule has 0 N–H and O–H groups in total. The van der Waals surface area contributed by atoms with E-state index in [-0.39, 0.29) is 23.0 Å². The van der Waals surface area contributed by atoms with E-state index in [4.69, 9.17) is 0 Å². The number of carbonyl (C=O) groups is 1. The molecular formula is C16H20FNOS. The molecule has 0 radical (unpaired) electrons. The molecule has 1 atom stereocenters. The van der Waals surface area contributed by atoms with Crippen LogP contribution < -0.4 is 0 Å². The molecule has 0 unspecified atom stereocenters. The van der Waals surface area contributed by atoms with Gasteiger partial charge in [0.25, 0.3) is 0 Å². The second-order valence-corrected chi connectivity index (χ2v) is 6.83. The van der Waals surface area contributed by atoms with Crippen LogP contribution in [0.3, 0.4) is 0 Å². The second-order valence-electron chi connectivity index (χ2n) is 5.64. The minimum absolute atomic E-state index is 0.000117. The highest BCUT2D eigenvalue weighted by Crippen LogP contribution is 2.40. The van der Waals surface area contributed by atoms with Crippen LogP contribution in [0.1, 0.15) is 43.0 Å². The van der Waals surface area contributed by atoms with E-state index < -0.39 is 0 Å². The Hall–Kier alpha value is -1.03. The number of nitrogens with zero attached hydrogens (tertiary/aromatic N) is 1. The Morgan fingerprint density at radius 2 is 2.05 bits per heavy atom. The van der Waals surface area contributed by atoms with Gasteiger partial charge in [0.05, 0.1) is 0 Å². The third kappa shape index (κ3) is 2.85. The SMILES string of the molecule is O=C(C1CCCCC1)N1CCS[C@H]1c1cccc(F)c1. The molecule has 2 nitrogen and oxygen atoms in total. The lowest BCUT2D eigenvalue weighted by Crippen LogP contribution is -2.36. The Kier molecular flexibility index (Phi) is 4.29. The fraction of sp³-hybridized carbons (Fsp3) is 0.562. The van der Waals surface area contributed by atoms with E-state index >= 15 is 0 Å². The first kappa shape index (κ1) is 13.9. The van der Waals surface area contributed by atoms with Crippen molar-refractivity contribution in [1.82, 2.24) is 4.90 Å². The monoisotopic (exact) mass is 293 g/mol. The highest BCUT2D eigenvalue weighted by atomic mass is 32.2. The fourth-order valence-corrected chi connectivity index (χ4v) is 4.47. The molecule has 1 saturated heterocycles. The zero-order valence-corrected chi connectivity index (χ0v) is 12.4. The van der Waals surface area contributed by atoms with Crippen molar-refractivity contribution >= 4 is 17.7 Å². The molecule has 3 rings (SSSR count). The molecule has 1 heterocycles. The van der Waals surface area contributed by atoms with Crippen molar-refractivity contribution in [2.45, 2.75) is 37.5 Å². The Morgan fingerprint density at radius 1 is 1.25 bits per heavy atom. The van der Waals surface area contributed by atoms with Crippen molar-refractivity contribution in [2.75, 3.05) is 12.3 Å². The zero-order chi connectivity index (χ0) is 13.9. The van der Waals surface area contributed by atoms with Gasteiger partial charge in [-0.25, -0.2) is 4.39 Å². The topological polar surface area (TPSA) is 20.3 Å². The highest BCUT2D eigenvalue weighted by molar-refractivity contribution is 7.99. The number of carbonyl (C=O) groups excluding carboxylic acids is 1. The summed E-state index contributed by atoms with van der Waals surface area (Å²) in [6.45, 7) is 0.793. The van der Waals surface area contributed by atoms with Gasteiger partial charge in [-0.1, -0.05) is 31.4 Å². The number of halogens is 1. The van der Waals surface area contributed by atoms with Crippen LogP contribution in [0.5, 0.6) is 0 Å². The summed E-state index contributed by atoms with van der Waals surface area (Å²) in [7, 11) is 0. The third-order valence-corrected chi connectivity index (χ3v) is 5.52. The summed E-state index contributed by atoms with van der Waals surface area (Å²) in [6, 6.07) is 6.67. The van der Waals surface area contributed by atoms with Crippen molar-refractivity contribution < 1.29 is 9.18 Å². The maximum absolute atomic E-state index is 13.4. The molecule has 1 amide bonds. The van der Waals surface area contributed by atoms with Gasteiger partial charge in [0.2, 0.25) is 5.91 Å². The van der Waals surface area contributed by atoms with E-state index in [0.717, 1.165) is 30.7 Å². The summed E-state index contributed by atoms with van der Waals surface area (Å²) in [5.41, 5.74) is 0.914. The first-order valence-electron chi connectivity index (χ1n) is 7.43. The molecule has 2 aliphatic rings. The number of rotatable bonds is 2. The molecule has 1 aromatic rings. The average molecular weight is 293 g/mol. The molecule has 108 valence electrons. The predicted molar refractivity (Wildman–Crippen MR) is 79.9 cm³/mol. The first-order valence-corrected chi connectivity index (χ1v) is 8.48. The van der Waals surface area contributed by atoms with E-state index in [1.807, 2.05) is 11.0 Å². The maximum atomic E-state index is 13.4. The molecule has 1 saturated carbocycles. The van der Waals surface area contributed by atoms with E-state index in [1.54, 1.807) is 23.9 Å². The predicted octanol–water partition coefficient (Wildman–Crippen LogP) is 3.98. The summed E-state index contributed by atoms with van der Waals surface area (Å²) in [4.78, 5) is 14.7. The normalized spacial score (nSPS) is 24.1. The van der Waals surface area contributed by atoms with Crippen molar-refractivity contribution in [3.05, 3.63) is 35.6 Å². The number of hydrogen-bond acceptors (Lipinski definition) is 2. The Labute approximate surface area is 123 Å². The molecule has 1 aromatic carbocycles. The molecule has 0 bridgehead atoms. The summed E-state index contributed by atoms with van der Waals surface area (Å²) in [6.07, 6.45) is 5.64. The Balaban J connectivity index is 1.76.